The topological polar surface area (TPSA) is 3.24 Å². The lowest BCUT2D eigenvalue weighted by atomic mass is 10.0. The molecule has 1 aromatic rings. The molecule has 1 heteroatoms. The molecule has 1 aromatic carbocycles. The van der Waals surface area contributed by atoms with Gasteiger partial charge in [-0.1, -0.05) is 108 Å². The van der Waals surface area contributed by atoms with Crippen molar-refractivity contribution in [3.63, 3.8) is 0 Å². The van der Waals surface area contributed by atoms with Crippen LogP contribution in [0.4, 0.5) is 0 Å². The van der Waals surface area contributed by atoms with Gasteiger partial charge in [0, 0.05) is 0 Å². The van der Waals surface area contributed by atoms with E-state index in [4.69, 9.17) is 0 Å². The largest absolute Gasteiger partial charge is 0.303 e. The average molecular weight is 374 g/mol. The van der Waals surface area contributed by atoms with Gasteiger partial charge in [-0.15, -0.1) is 0 Å². The van der Waals surface area contributed by atoms with Crippen molar-refractivity contribution >= 4 is 0 Å². The van der Waals surface area contributed by atoms with Gasteiger partial charge in [-0.3, -0.25) is 0 Å². The summed E-state index contributed by atoms with van der Waals surface area (Å²) < 4.78 is 0. The molecule has 1 nitrogen and oxygen atoms in total. The molecular formula is C26H47N. The second-order valence-electron chi connectivity index (χ2n) is 8.32. The minimum Gasteiger partial charge on any atom is -0.303 e. The fourth-order valence-electron chi connectivity index (χ4n) is 4.04. The van der Waals surface area contributed by atoms with Crippen molar-refractivity contribution in [2.24, 2.45) is 0 Å². The second kappa shape index (κ2) is 18.5. The third-order valence-corrected chi connectivity index (χ3v) is 5.61. The van der Waals surface area contributed by atoms with Crippen LogP contribution in [0.25, 0.3) is 0 Å². The molecular weight excluding hydrogens is 326 g/mol. The first-order chi connectivity index (χ1) is 13.4. The van der Waals surface area contributed by atoms with Crippen LogP contribution in [0, 0.1) is 0 Å². The van der Waals surface area contributed by atoms with E-state index in [-0.39, 0.29) is 0 Å². The first-order valence-corrected chi connectivity index (χ1v) is 12.1. The fourth-order valence-corrected chi connectivity index (χ4v) is 4.04. The number of rotatable bonds is 19. The molecule has 0 bridgehead atoms. The van der Waals surface area contributed by atoms with Gasteiger partial charge < -0.3 is 4.90 Å². The maximum absolute atomic E-state index is 2.65. The van der Waals surface area contributed by atoms with Crippen molar-refractivity contribution in [3.05, 3.63) is 35.9 Å². The van der Waals surface area contributed by atoms with Crippen LogP contribution in [-0.4, -0.2) is 24.5 Å². The zero-order chi connectivity index (χ0) is 19.4. The van der Waals surface area contributed by atoms with E-state index in [1.54, 1.807) is 0 Å². The maximum atomic E-state index is 2.65. The summed E-state index contributed by atoms with van der Waals surface area (Å²) in [6, 6.07) is 10.9. The van der Waals surface area contributed by atoms with Crippen LogP contribution in [0.5, 0.6) is 0 Å². The first kappa shape index (κ1) is 24.2. The van der Waals surface area contributed by atoms with E-state index >= 15 is 0 Å². The van der Waals surface area contributed by atoms with Crippen LogP contribution in [0.2, 0.25) is 0 Å². The van der Waals surface area contributed by atoms with Gasteiger partial charge in [-0.25, -0.2) is 0 Å². The number of benzene rings is 1. The minimum absolute atomic E-state index is 1.26. The predicted octanol–water partition coefficient (Wildman–Crippen LogP) is 8.03. The molecule has 0 aromatic heterocycles. The second-order valence-corrected chi connectivity index (χ2v) is 8.32. The number of nitrogens with zero attached hydrogens (tertiary/aromatic N) is 1. The Morgan fingerprint density at radius 2 is 0.963 bits per heavy atom. The highest BCUT2D eigenvalue weighted by atomic mass is 15.1. The Morgan fingerprint density at radius 1 is 0.519 bits per heavy atom. The summed E-state index contributed by atoms with van der Waals surface area (Å²) in [4.78, 5) is 2.65. The van der Waals surface area contributed by atoms with E-state index < -0.39 is 0 Å². The first-order valence-electron chi connectivity index (χ1n) is 12.1. The Balaban J connectivity index is 1.77. The molecule has 0 aliphatic rings. The van der Waals surface area contributed by atoms with Crippen molar-refractivity contribution in [2.75, 3.05) is 19.6 Å². The summed E-state index contributed by atoms with van der Waals surface area (Å²) in [5, 5.41) is 0. The molecule has 0 saturated heterocycles. The van der Waals surface area contributed by atoms with Crippen LogP contribution in [0.15, 0.2) is 30.3 Å². The molecule has 0 aliphatic carbocycles. The fraction of sp³-hybridized carbons (Fsp3) is 0.769. The van der Waals surface area contributed by atoms with E-state index in [9.17, 15) is 0 Å². The number of aryl methyl sites for hydroxylation is 1. The molecule has 0 saturated carbocycles. The van der Waals surface area contributed by atoms with Crippen molar-refractivity contribution in [1.29, 1.82) is 0 Å². The normalized spacial score (nSPS) is 11.4. The average Bonchev–Trinajstić information content (AvgIpc) is 2.69. The van der Waals surface area contributed by atoms with Gasteiger partial charge in [-0.2, -0.15) is 0 Å². The molecule has 0 atom stereocenters. The Kier molecular flexibility index (Phi) is 16.6. The zero-order valence-electron chi connectivity index (χ0n) is 18.6. The van der Waals surface area contributed by atoms with E-state index in [0.29, 0.717) is 0 Å². The minimum atomic E-state index is 1.26. The summed E-state index contributed by atoms with van der Waals surface area (Å²) in [6.07, 6.45) is 21.1. The van der Waals surface area contributed by atoms with E-state index in [0.717, 1.165) is 0 Å². The maximum Gasteiger partial charge on any atom is -0.00187 e. The molecule has 0 radical (unpaired) electrons. The van der Waals surface area contributed by atoms with Crippen molar-refractivity contribution in [2.45, 2.75) is 110 Å². The van der Waals surface area contributed by atoms with Crippen LogP contribution >= 0.6 is 0 Å². The summed E-state index contributed by atoms with van der Waals surface area (Å²) >= 11 is 0. The van der Waals surface area contributed by atoms with Crippen LogP contribution in [0.3, 0.4) is 0 Å². The molecule has 1 rings (SSSR count). The molecule has 0 amide bonds. The summed E-state index contributed by atoms with van der Waals surface area (Å²) in [7, 11) is 0. The van der Waals surface area contributed by atoms with Crippen LogP contribution in [0.1, 0.15) is 109 Å². The lowest BCUT2D eigenvalue weighted by Crippen LogP contribution is -2.26. The third-order valence-electron chi connectivity index (χ3n) is 5.61. The molecule has 0 aliphatic heterocycles. The number of hydrogen-bond donors (Lipinski definition) is 0. The van der Waals surface area contributed by atoms with E-state index in [1.165, 1.54) is 122 Å². The van der Waals surface area contributed by atoms with Gasteiger partial charge >= 0.3 is 0 Å². The summed E-state index contributed by atoms with van der Waals surface area (Å²) in [5.74, 6) is 0. The van der Waals surface area contributed by atoms with E-state index in [2.05, 4.69) is 49.1 Å². The Hall–Kier alpha value is -0.820. The highest BCUT2D eigenvalue weighted by Crippen LogP contribution is 2.13. The van der Waals surface area contributed by atoms with Gasteiger partial charge in [0.05, 0.1) is 0 Å². The summed E-state index contributed by atoms with van der Waals surface area (Å²) in [5.41, 5.74) is 1.50. The molecule has 156 valence electrons. The highest BCUT2D eigenvalue weighted by molar-refractivity contribution is 5.14. The lowest BCUT2D eigenvalue weighted by Gasteiger charge is -2.20. The smallest absolute Gasteiger partial charge is 0.00187 e. The van der Waals surface area contributed by atoms with Crippen molar-refractivity contribution in [3.8, 4) is 0 Å². The third kappa shape index (κ3) is 14.9. The summed E-state index contributed by atoms with van der Waals surface area (Å²) in [6.45, 7) is 8.51. The van der Waals surface area contributed by atoms with Crippen LogP contribution in [-0.2, 0) is 6.42 Å². The monoisotopic (exact) mass is 373 g/mol. The molecule has 0 spiro atoms. The Morgan fingerprint density at radius 3 is 1.44 bits per heavy atom. The van der Waals surface area contributed by atoms with Gasteiger partial charge in [0.2, 0.25) is 0 Å². The lowest BCUT2D eigenvalue weighted by molar-refractivity contribution is 0.267. The van der Waals surface area contributed by atoms with Gasteiger partial charge in [0.25, 0.3) is 0 Å². The Bertz CT molecular complexity index is 394. The van der Waals surface area contributed by atoms with Crippen LogP contribution < -0.4 is 0 Å². The SMILES string of the molecule is CCCN(CCC)CCCCCCCCCCCCCCc1ccccc1. The number of hydrogen-bond acceptors (Lipinski definition) is 1. The highest BCUT2D eigenvalue weighted by Gasteiger charge is 2.01. The van der Waals surface area contributed by atoms with Gasteiger partial charge in [0.15, 0.2) is 0 Å². The Labute approximate surface area is 170 Å². The standard InChI is InChI=1S/C26H47N/c1-3-23-27(24-4-2)25-19-14-12-10-8-6-5-7-9-11-13-16-20-26-21-17-15-18-22-26/h15,17-18,21-22H,3-14,16,19-20,23-25H2,1-2H3. The molecule has 0 fully saturated rings. The van der Waals surface area contributed by atoms with E-state index in [1.807, 2.05) is 0 Å². The zero-order valence-corrected chi connectivity index (χ0v) is 18.6. The molecule has 27 heavy (non-hydrogen) atoms. The molecule has 0 N–H and O–H groups in total. The molecule has 0 unspecified atom stereocenters. The molecule has 0 heterocycles. The predicted molar refractivity (Wildman–Crippen MR) is 123 cm³/mol. The van der Waals surface area contributed by atoms with Gasteiger partial charge in [-0.05, 0) is 57.3 Å². The quantitative estimate of drug-likeness (QED) is 0.222. The number of unbranched alkanes of at least 4 members (excludes halogenated alkanes) is 11. The van der Waals surface area contributed by atoms with Crippen molar-refractivity contribution in [1.82, 2.24) is 4.90 Å². The van der Waals surface area contributed by atoms with Gasteiger partial charge in [0.1, 0.15) is 0 Å². The van der Waals surface area contributed by atoms with Crippen molar-refractivity contribution < 1.29 is 0 Å².